The van der Waals surface area contributed by atoms with Gasteiger partial charge in [-0.05, 0) is 158 Å². The summed E-state index contributed by atoms with van der Waals surface area (Å²) < 4.78 is 101. The lowest BCUT2D eigenvalue weighted by Gasteiger charge is -2.49. The van der Waals surface area contributed by atoms with E-state index in [1.165, 1.54) is 45.0 Å². The topological polar surface area (TPSA) is 181 Å². The second-order valence-corrected chi connectivity index (χ2v) is 28.7. The van der Waals surface area contributed by atoms with Crippen LogP contribution in [0.25, 0.3) is 0 Å². The van der Waals surface area contributed by atoms with Crippen molar-refractivity contribution in [1.29, 1.82) is 10.5 Å². The monoisotopic (exact) mass is 1280 g/mol. The molecule has 86 heavy (non-hydrogen) atoms. The van der Waals surface area contributed by atoms with Crippen LogP contribution in [-0.4, -0.2) is 86.3 Å². The number of carbonyl (C=O) groups excluding carboxylic acids is 2. The molecule has 14 nitrogen and oxygen atoms in total. The Bertz CT molecular complexity index is 3560. The molecule has 22 heteroatoms. The molecule has 8 atom stereocenters. The van der Waals surface area contributed by atoms with E-state index in [9.17, 15) is 36.9 Å². The number of para-hydroxylation sites is 2. The fourth-order valence-corrected chi connectivity index (χ4v) is 16.3. The van der Waals surface area contributed by atoms with Crippen molar-refractivity contribution in [3.8, 4) is 12.1 Å². The Morgan fingerprint density at radius 1 is 0.488 bits per heavy atom. The molecule has 0 unspecified atom stereocenters. The van der Waals surface area contributed by atoms with Gasteiger partial charge in [0.2, 0.25) is 20.0 Å². The number of sulfonamides is 2. The first kappa shape index (κ1) is 61.3. The van der Waals surface area contributed by atoms with E-state index in [0.29, 0.717) is 56.9 Å². The van der Waals surface area contributed by atoms with Crippen molar-refractivity contribution in [1.82, 2.24) is 9.80 Å². The number of rotatable bonds is 20. The number of ether oxygens (including phenoxy) is 2. The van der Waals surface area contributed by atoms with Gasteiger partial charge in [0, 0.05) is 20.1 Å². The van der Waals surface area contributed by atoms with Crippen LogP contribution in [0.3, 0.4) is 0 Å². The van der Waals surface area contributed by atoms with Crippen LogP contribution in [0.1, 0.15) is 111 Å². The molecule has 4 saturated carbocycles. The van der Waals surface area contributed by atoms with E-state index >= 15 is 8.78 Å². The van der Waals surface area contributed by atoms with Crippen molar-refractivity contribution in [3.63, 3.8) is 0 Å². The maximum Gasteiger partial charge on any atom is 0.253 e. The Morgan fingerprint density at radius 3 is 1.16 bits per heavy atom. The summed E-state index contributed by atoms with van der Waals surface area (Å²) in [7, 11) is -7.81. The Kier molecular flexibility index (Phi) is 18.4. The number of halogens is 6. The third-order valence-corrected chi connectivity index (χ3v) is 22.2. The minimum Gasteiger partial charge on any atom is -0.357 e. The van der Waals surface area contributed by atoms with E-state index in [4.69, 9.17) is 55.9 Å². The minimum absolute atomic E-state index is 0.0247. The number of anilines is 2. The van der Waals surface area contributed by atoms with E-state index in [0.717, 1.165) is 36.8 Å². The highest BCUT2D eigenvalue weighted by atomic mass is 35.5. The number of amides is 2. The molecule has 4 aliphatic carbocycles. The Morgan fingerprint density at radius 2 is 0.849 bits per heavy atom. The third-order valence-electron chi connectivity index (χ3n) is 16.7. The van der Waals surface area contributed by atoms with Crippen molar-refractivity contribution in [2.75, 3.05) is 21.7 Å². The molecule has 0 N–H and O–H groups in total. The van der Waals surface area contributed by atoms with Gasteiger partial charge in [-0.1, -0.05) is 119 Å². The molecule has 2 amide bonds. The normalized spacial score (nSPS) is 23.1. The van der Waals surface area contributed by atoms with Crippen molar-refractivity contribution >= 4 is 89.6 Å². The van der Waals surface area contributed by atoms with Crippen LogP contribution in [0.2, 0.25) is 20.1 Å². The Hall–Kier alpha value is -6.32. The summed E-state index contributed by atoms with van der Waals surface area (Å²) in [6.45, 7) is -0.246. The first-order valence-electron chi connectivity index (χ1n) is 28.6. The van der Waals surface area contributed by atoms with Crippen LogP contribution < -0.4 is 8.61 Å². The molecule has 2 saturated heterocycles. The van der Waals surface area contributed by atoms with Crippen LogP contribution in [-0.2, 0) is 39.1 Å². The average molecular weight is 1290 g/mol. The number of morpholine rings is 2. The first-order chi connectivity index (χ1) is 41.4. The predicted molar refractivity (Wildman–Crippen MR) is 325 cm³/mol. The second-order valence-electron chi connectivity index (χ2n) is 22.7. The van der Waals surface area contributed by atoms with Crippen LogP contribution in [0.4, 0.5) is 20.2 Å². The fraction of sp³-hybridized carbons (Fsp3) is 0.375. The summed E-state index contributed by atoms with van der Waals surface area (Å²) in [6, 6.07) is 41.6. The summed E-state index contributed by atoms with van der Waals surface area (Å²) in [6.07, 6.45) is 1.16. The molecular weight excluding hydrogens is 1220 g/mol. The smallest absolute Gasteiger partial charge is 0.253 e. The molecule has 0 aromatic heterocycles. The zero-order chi connectivity index (χ0) is 60.6. The standard InChI is InChI=1S/2C32H30Cl2FN3O4S/c2*33-23-12-10-21(11-13-23)30-31(22-4-3-5-24(34)18-22)42-29(16-17-36)32(39)38(30)28(20-8-9-20)19-37(43(40,41)25-14-15-25)27-7-2-1-6-26(27)35/h2*1-7,10-13,18,20,25,28-31H,8-9,14-16,19H2/t28-,29+,30-,31-;28-,29-,30-,31-/m11/s1. The summed E-state index contributed by atoms with van der Waals surface area (Å²) >= 11 is 25.3. The Labute approximate surface area is 519 Å². The maximum absolute atomic E-state index is 15.2. The highest BCUT2D eigenvalue weighted by molar-refractivity contribution is 7.94. The molecule has 2 aliphatic heterocycles. The molecule has 6 aliphatic rings. The minimum atomic E-state index is -3.91. The van der Waals surface area contributed by atoms with E-state index in [1.54, 1.807) is 82.6 Å². The number of nitrogens with zero attached hydrogens (tertiary/aromatic N) is 6. The van der Waals surface area contributed by atoms with Gasteiger partial charge < -0.3 is 19.3 Å². The second kappa shape index (κ2) is 25.8. The summed E-state index contributed by atoms with van der Waals surface area (Å²) in [5.74, 6) is -2.17. The Balaban J connectivity index is 0.000000179. The lowest BCUT2D eigenvalue weighted by Crippen LogP contribution is -2.58. The predicted octanol–water partition coefficient (Wildman–Crippen LogP) is 13.7. The van der Waals surface area contributed by atoms with Crippen LogP contribution in [0, 0.1) is 46.1 Å². The largest absolute Gasteiger partial charge is 0.357 e. The number of carbonyl (C=O) groups is 2. The fourth-order valence-electron chi connectivity index (χ4n) is 11.9. The SMILES string of the molecule is N#CC[C@@H]1O[C@H](c2cccc(Cl)c2)[C@@H](c2ccc(Cl)cc2)N([C@H](CN(c2ccccc2F)S(=O)(=O)C2CC2)C2CC2)C1=O.N#CC[C@H]1O[C@H](c2cccc(Cl)c2)[C@@H](c2ccc(Cl)cc2)N([C@H](CN(c2ccccc2F)S(=O)(=O)C2CC2)C2CC2)C1=O. The van der Waals surface area contributed by atoms with Crippen LogP contribution >= 0.6 is 46.4 Å². The van der Waals surface area contributed by atoms with Gasteiger partial charge in [0.05, 0.1) is 84.1 Å². The highest BCUT2D eigenvalue weighted by Gasteiger charge is 2.54. The number of hydrogen-bond donors (Lipinski definition) is 0. The summed E-state index contributed by atoms with van der Waals surface area (Å²) in [5, 5.41) is 20.1. The van der Waals surface area contributed by atoms with Gasteiger partial charge >= 0.3 is 0 Å². The maximum atomic E-state index is 15.2. The van der Waals surface area contributed by atoms with E-state index in [-0.39, 0.29) is 49.1 Å². The molecule has 2 heterocycles. The van der Waals surface area contributed by atoms with Gasteiger partial charge in [0.25, 0.3) is 11.8 Å². The highest BCUT2D eigenvalue weighted by Crippen LogP contribution is 2.51. The molecule has 6 aromatic rings. The molecule has 6 fully saturated rings. The third kappa shape index (κ3) is 13.2. The summed E-state index contributed by atoms with van der Waals surface area (Å²) in [4.78, 5) is 32.0. The molecule has 0 radical (unpaired) electrons. The zero-order valence-electron chi connectivity index (χ0n) is 46.3. The number of nitriles is 2. The lowest BCUT2D eigenvalue weighted by atomic mass is 9.89. The first-order valence-corrected chi connectivity index (χ1v) is 33.1. The molecule has 12 rings (SSSR count). The van der Waals surface area contributed by atoms with Crippen molar-refractivity contribution < 1.29 is 44.7 Å². The molecular formula is C64H60Cl4F2N6O8S2. The van der Waals surface area contributed by atoms with Crippen molar-refractivity contribution in [2.24, 2.45) is 11.8 Å². The van der Waals surface area contributed by atoms with Gasteiger partial charge in [0.15, 0.2) is 0 Å². The van der Waals surface area contributed by atoms with Gasteiger partial charge in [-0.3, -0.25) is 18.2 Å². The zero-order valence-corrected chi connectivity index (χ0v) is 51.0. The quantitative estimate of drug-likeness (QED) is 0.0713. The lowest BCUT2D eigenvalue weighted by molar-refractivity contribution is -0.179. The molecule has 6 aromatic carbocycles. The molecule has 448 valence electrons. The van der Waals surface area contributed by atoms with Crippen molar-refractivity contribution in [3.05, 3.63) is 200 Å². The average Bonchev–Trinajstić information content (AvgIpc) is 1.99. The van der Waals surface area contributed by atoms with Gasteiger partial charge in [-0.2, -0.15) is 10.5 Å². The van der Waals surface area contributed by atoms with E-state index in [2.05, 4.69) is 12.1 Å². The van der Waals surface area contributed by atoms with Crippen molar-refractivity contribution in [2.45, 2.75) is 123 Å². The van der Waals surface area contributed by atoms with Gasteiger partial charge in [0.1, 0.15) is 36.1 Å². The van der Waals surface area contributed by atoms with Gasteiger partial charge in [-0.25, -0.2) is 25.6 Å². The molecule has 0 bridgehead atoms. The van der Waals surface area contributed by atoms with E-state index in [1.807, 2.05) is 36.4 Å². The van der Waals surface area contributed by atoms with Crippen LogP contribution in [0.5, 0.6) is 0 Å². The van der Waals surface area contributed by atoms with E-state index < -0.39 is 103 Å². The number of benzene rings is 6. The number of hydrogen-bond acceptors (Lipinski definition) is 10. The molecule has 0 spiro atoms. The summed E-state index contributed by atoms with van der Waals surface area (Å²) in [5.41, 5.74) is 2.79. The van der Waals surface area contributed by atoms with Crippen LogP contribution in [0.15, 0.2) is 146 Å². The van der Waals surface area contributed by atoms with Gasteiger partial charge in [-0.15, -0.1) is 0 Å².